The van der Waals surface area contributed by atoms with Crippen LogP contribution >= 0.6 is 0 Å². The van der Waals surface area contributed by atoms with Gasteiger partial charge in [0, 0.05) is 0 Å². The molecule has 0 spiro atoms. The number of aryl methyl sites for hydroxylation is 2. The first-order valence-electron chi connectivity index (χ1n) is 5.83. The van der Waals surface area contributed by atoms with Gasteiger partial charge in [-0.05, 0) is 32.4 Å². The van der Waals surface area contributed by atoms with Crippen LogP contribution in [0.1, 0.15) is 34.8 Å². The molecule has 0 aliphatic heterocycles. The number of hydrogen-bond acceptors (Lipinski definition) is 6. The van der Waals surface area contributed by atoms with Crippen LogP contribution in [-0.2, 0) is 19.6 Å². The van der Waals surface area contributed by atoms with Crippen LogP contribution in [0.3, 0.4) is 0 Å². The molecule has 0 unspecified atom stereocenters. The van der Waals surface area contributed by atoms with E-state index >= 15 is 0 Å². The zero-order valence-electron chi connectivity index (χ0n) is 11.1. The molecule has 1 aromatic rings. The van der Waals surface area contributed by atoms with E-state index in [4.69, 9.17) is 0 Å². The summed E-state index contributed by atoms with van der Waals surface area (Å²) in [5, 5.41) is 4.06. The van der Waals surface area contributed by atoms with Crippen LogP contribution in [-0.4, -0.2) is 18.7 Å². The van der Waals surface area contributed by atoms with Gasteiger partial charge in [0.25, 0.3) is 0 Å². The molecule has 0 bridgehead atoms. The fraction of sp³-hybridized carbons (Fsp3) is 0.385. The van der Waals surface area contributed by atoms with E-state index < -0.39 is 12.1 Å². The Balaban J connectivity index is 2.41. The van der Waals surface area contributed by atoms with Crippen molar-refractivity contribution in [1.82, 2.24) is 0 Å². The number of carbonyl (C=O) groups excluding carboxylic acids is 2. The highest BCUT2D eigenvalue weighted by Gasteiger charge is 2.12. The molecule has 0 N–H and O–H groups in total. The molecule has 0 saturated carbocycles. The number of hydrogen-bond donors (Lipinski definition) is 0. The maximum Gasteiger partial charge on any atom is 0.543 e. The molecule has 0 aliphatic rings. The molecule has 0 amide bonds. The van der Waals surface area contributed by atoms with Crippen molar-refractivity contribution in [3.05, 3.63) is 34.9 Å². The lowest BCUT2D eigenvalue weighted by Crippen LogP contribution is -2.12. The molecule has 0 fully saturated rings. The molecule has 1 rings (SSSR count). The van der Waals surface area contributed by atoms with E-state index in [1.165, 1.54) is 0 Å². The van der Waals surface area contributed by atoms with Crippen molar-refractivity contribution in [3.63, 3.8) is 0 Å². The third-order valence-corrected chi connectivity index (χ3v) is 2.09. The number of rotatable bonds is 5. The molecule has 6 heteroatoms. The second-order valence-electron chi connectivity index (χ2n) is 4.00. The van der Waals surface area contributed by atoms with Gasteiger partial charge in [-0.15, -0.1) is 0 Å². The Morgan fingerprint density at radius 3 is 2.26 bits per heavy atom. The quantitative estimate of drug-likeness (QED) is 0.464. The summed E-state index contributed by atoms with van der Waals surface area (Å²) in [5.41, 5.74) is 2.13. The standard InChI is InChI=1S/C13H16O6/c1-4-5-16-13(15)18-19-17-12(14)11-7-9(2)6-10(3)8-11/h6-8H,4-5H2,1-3H3. The van der Waals surface area contributed by atoms with Gasteiger partial charge in [0.15, 0.2) is 0 Å². The van der Waals surface area contributed by atoms with Crippen molar-refractivity contribution in [3.8, 4) is 0 Å². The molecular formula is C13H16O6. The lowest BCUT2D eigenvalue weighted by Gasteiger charge is -2.04. The molecule has 0 aliphatic carbocycles. The van der Waals surface area contributed by atoms with Gasteiger partial charge in [-0.3, -0.25) is 4.89 Å². The molecular weight excluding hydrogens is 252 g/mol. The van der Waals surface area contributed by atoms with Crippen molar-refractivity contribution >= 4 is 12.1 Å². The normalized spacial score (nSPS) is 9.84. The largest absolute Gasteiger partial charge is 0.543 e. The molecule has 0 heterocycles. The Kier molecular flexibility index (Phi) is 5.81. The van der Waals surface area contributed by atoms with Gasteiger partial charge >= 0.3 is 12.1 Å². The Bertz CT molecular complexity index is 434. The molecule has 0 radical (unpaired) electrons. The van der Waals surface area contributed by atoms with Crippen LogP contribution in [0.15, 0.2) is 18.2 Å². The SMILES string of the molecule is CCCOC(=O)OOOC(=O)c1cc(C)cc(C)c1. The van der Waals surface area contributed by atoms with Gasteiger partial charge < -0.3 is 4.74 Å². The lowest BCUT2D eigenvalue weighted by molar-refractivity contribution is -0.452. The molecule has 6 nitrogen and oxygen atoms in total. The van der Waals surface area contributed by atoms with Gasteiger partial charge in [-0.2, -0.15) is 0 Å². The van der Waals surface area contributed by atoms with Crippen molar-refractivity contribution in [2.45, 2.75) is 27.2 Å². The highest BCUT2D eigenvalue weighted by atomic mass is 17.5. The molecule has 0 aromatic heterocycles. The van der Waals surface area contributed by atoms with E-state index in [2.05, 4.69) is 19.6 Å². The van der Waals surface area contributed by atoms with Crippen molar-refractivity contribution in [2.24, 2.45) is 0 Å². The lowest BCUT2D eigenvalue weighted by atomic mass is 10.1. The third kappa shape index (κ3) is 5.39. The van der Waals surface area contributed by atoms with Crippen LogP contribution in [0.25, 0.3) is 0 Å². The van der Waals surface area contributed by atoms with Crippen LogP contribution in [0, 0.1) is 13.8 Å². The van der Waals surface area contributed by atoms with E-state index in [0.29, 0.717) is 12.0 Å². The average molecular weight is 268 g/mol. The summed E-state index contributed by atoms with van der Waals surface area (Å²) in [7, 11) is 0. The van der Waals surface area contributed by atoms with Gasteiger partial charge in [-0.25, -0.2) is 14.5 Å². The minimum atomic E-state index is -1.06. The molecule has 0 saturated heterocycles. The van der Waals surface area contributed by atoms with E-state index in [1.807, 2.05) is 26.8 Å². The third-order valence-electron chi connectivity index (χ3n) is 2.09. The van der Waals surface area contributed by atoms with Crippen LogP contribution in [0.5, 0.6) is 0 Å². The van der Waals surface area contributed by atoms with E-state index in [9.17, 15) is 9.59 Å². The number of carbonyl (C=O) groups is 2. The van der Waals surface area contributed by atoms with Crippen molar-refractivity contribution in [2.75, 3.05) is 6.61 Å². The molecule has 0 atom stereocenters. The Hall–Kier alpha value is -2.08. The molecule has 1 aromatic carbocycles. The van der Waals surface area contributed by atoms with Gasteiger partial charge in [0.2, 0.25) is 0 Å². The zero-order valence-corrected chi connectivity index (χ0v) is 11.1. The van der Waals surface area contributed by atoms with E-state index in [-0.39, 0.29) is 6.61 Å². The van der Waals surface area contributed by atoms with Crippen molar-refractivity contribution in [1.29, 1.82) is 0 Å². The Labute approximate surface area is 111 Å². The minimum absolute atomic E-state index is 0.202. The maximum absolute atomic E-state index is 11.6. The first kappa shape index (κ1) is 15.0. The summed E-state index contributed by atoms with van der Waals surface area (Å²) >= 11 is 0. The summed E-state index contributed by atoms with van der Waals surface area (Å²) in [5.74, 6) is -0.755. The first-order chi connectivity index (χ1) is 9.02. The predicted octanol–water partition coefficient (Wildman–Crippen LogP) is 2.87. The Morgan fingerprint density at radius 1 is 1.05 bits per heavy atom. The topological polar surface area (TPSA) is 71.1 Å². The van der Waals surface area contributed by atoms with Crippen LogP contribution < -0.4 is 0 Å². The average Bonchev–Trinajstić information content (AvgIpc) is 2.35. The fourth-order valence-electron chi connectivity index (χ4n) is 1.43. The first-order valence-corrected chi connectivity index (χ1v) is 5.83. The maximum atomic E-state index is 11.6. The second-order valence-corrected chi connectivity index (χ2v) is 4.00. The highest BCUT2D eigenvalue weighted by Crippen LogP contribution is 2.10. The fourth-order valence-corrected chi connectivity index (χ4v) is 1.43. The smallest absolute Gasteiger partial charge is 0.432 e. The van der Waals surface area contributed by atoms with Gasteiger partial charge in [0.1, 0.15) is 0 Å². The highest BCUT2D eigenvalue weighted by molar-refractivity contribution is 5.89. The minimum Gasteiger partial charge on any atom is -0.432 e. The summed E-state index contributed by atoms with van der Waals surface area (Å²) < 4.78 is 4.54. The van der Waals surface area contributed by atoms with Crippen molar-refractivity contribution < 1.29 is 29.1 Å². The summed E-state index contributed by atoms with van der Waals surface area (Å²) in [6, 6.07) is 5.18. The summed E-state index contributed by atoms with van der Waals surface area (Å²) in [6.45, 7) is 5.73. The number of ether oxygens (including phenoxy) is 1. The number of benzene rings is 1. The predicted molar refractivity (Wildman–Crippen MR) is 65.1 cm³/mol. The second kappa shape index (κ2) is 7.38. The molecule has 104 valence electrons. The monoisotopic (exact) mass is 268 g/mol. The van der Waals surface area contributed by atoms with E-state index in [0.717, 1.165) is 11.1 Å². The molecule has 19 heavy (non-hydrogen) atoms. The van der Waals surface area contributed by atoms with Gasteiger partial charge in [0.05, 0.1) is 17.2 Å². The Morgan fingerprint density at radius 2 is 1.68 bits per heavy atom. The van der Waals surface area contributed by atoms with E-state index in [1.54, 1.807) is 12.1 Å². The zero-order chi connectivity index (χ0) is 14.3. The summed E-state index contributed by atoms with van der Waals surface area (Å²) in [6.07, 6.45) is -0.410. The van der Waals surface area contributed by atoms with Crippen LogP contribution in [0.2, 0.25) is 0 Å². The summed E-state index contributed by atoms with van der Waals surface area (Å²) in [4.78, 5) is 30.9. The van der Waals surface area contributed by atoms with Gasteiger partial charge in [-0.1, -0.05) is 24.1 Å². The van der Waals surface area contributed by atoms with Crippen LogP contribution in [0.4, 0.5) is 4.79 Å².